The molecule has 0 aliphatic rings. The number of amides is 1. The van der Waals surface area contributed by atoms with Crippen molar-refractivity contribution in [2.24, 2.45) is 0 Å². The van der Waals surface area contributed by atoms with Crippen LogP contribution in [0.15, 0.2) is 48.8 Å². The molecule has 0 bridgehead atoms. The second-order valence-corrected chi connectivity index (χ2v) is 5.63. The van der Waals surface area contributed by atoms with Crippen LogP contribution in [0.2, 0.25) is 0 Å². The largest absolute Gasteiger partial charge is 0.573 e. The maximum atomic E-state index is 12.2. The Labute approximate surface area is 157 Å². The number of aromatic nitrogens is 2. The van der Waals surface area contributed by atoms with Gasteiger partial charge in [0.05, 0.1) is 12.1 Å². The molecule has 3 rings (SSSR count). The molecular weight excluding hydrogens is 377 g/mol. The number of benzene rings is 2. The third-order valence-corrected chi connectivity index (χ3v) is 3.65. The first-order chi connectivity index (χ1) is 13.4. The van der Waals surface area contributed by atoms with Gasteiger partial charge in [0.1, 0.15) is 17.9 Å². The van der Waals surface area contributed by atoms with Crippen LogP contribution in [0.5, 0.6) is 5.75 Å². The van der Waals surface area contributed by atoms with E-state index >= 15 is 0 Å². The Morgan fingerprint density at radius 1 is 1.11 bits per heavy atom. The summed E-state index contributed by atoms with van der Waals surface area (Å²) in [6.45, 7) is -0.0240. The molecule has 0 spiro atoms. The number of fused-ring (bicyclic) bond motifs is 1. The molecule has 2 aromatic carbocycles. The minimum absolute atomic E-state index is 0.140. The summed E-state index contributed by atoms with van der Waals surface area (Å²) in [5.74, 6) is -0.245. The molecule has 0 aliphatic carbocycles. The molecule has 28 heavy (non-hydrogen) atoms. The number of alkyl halides is 3. The molecule has 0 atom stereocenters. The highest BCUT2D eigenvalue weighted by Crippen LogP contribution is 2.27. The third-order valence-electron chi connectivity index (χ3n) is 3.65. The second-order valence-electron chi connectivity index (χ2n) is 5.63. The number of ether oxygens (including phenoxy) is 1. The van der Waals surface area contributed by atoms with E-state index < -0.39 is 6.36 Å². The van der Waals surface area contributed by atoms with Crippen LogP contribution in [-0.4, -0.2) is 40.5 Å². The van der Waals surface area contributed by atoms with E-state index in [-0.39, 0.29) is 24.8 Å². The molecule has 146 valence electrons. The van der Waals surface area contributed by atoms with Crippen molar-refractivity contribution in [1.82, 2.24) is 15.3 Å². The molecule has 0 radical (unpaired) electrons. The van der Waals surface area contributed by atoms with Gasteiger partial charge in [-0.05, 0) is 42.5 Å². The van der Waals surface area contributed by atoms with Crippen LogP contribution in [0.3, 0.4) is 0 Å². The molecule has 3 N–H and O–H groups in total. The summed E-state index contributed by atoms with van der Waals surface area (Å²) in [5.41, 5.74) is 1.38. The van der Waals surface area contributed by atoms with Crippen molar-refractivity contribution in [1.29, 1.82) is 0 Å². The van der Waals surface area contributed by atoms with Gasteiger partial charge in [0.25, 0.3) is 5.91 Å². The van der Waals surface area contributed by atoms with E-state index in [0.717, 1.165) is 0 Å². The number of carbonyl (C=O) groups excluding carboxylic acids is 1. The molecule has 0 unspecified atom stereocenters. The first kappa shape index (κ1) is 19.4. The number of hydrogen-bond donors (Lipinski definition) is 3. The van der Waals surface area contributed by atoms with Gasteiger partial charge in [-0.2, -0.15) is 0 Å². The quantitative estimate of drug-likeness (QED) is 0.597. The average molecular weight is 392 g/mol. The molecule has 1 amide bonds. The lowest BCUT2D eigenvalue weighted by Gasteiger charge is -2.11. The molecule has 3 aromatic rings. The van der Waals surface area contributed by atoms with E-state index in [9.17, 15) is 18.0 Å². The molecule has 7 nitrogen and oxygen atoms in total. The molecule has 0 fully saturated rings. The van der Waals surface area contributed by atoms with Crippen molar-refractivity contribution in [2.75, 3.05) is 18.5 Å². The van der Waals surface area contributed by atoms with Gasteiger partial charge < -0.3 is 20.5 Å². The fourth-order valence-electron chi connectivity index (χ4n) is 2.45. The van der Waals surface area contributed by atoms with Crippen LogP contribution < -0.4 is 15.4 Å². The van der Waals surface area contributed by atoms with Crippen molar-refractivity contribution in [2.45, 2.75) is 6.36 Å². The smallest absolute Gasteiger partial charge is 0.406 e. The van der Waals surface area contributed by atoms with Crippen LogP contribution in [-0.2, 0) is 0 Å². The highest BCUT2D eigenvalue weighted by atomic mass is 19.4. The predicted octanol–water partition coefficient (Wildman–Crippen LogP) is 2.99. The Bertz CT molecular complexity index is 978. The maximum Gasteiger partial charge on any atom is 0.573 e. The normalized spacial score (nSPS) is 11.3. The van der Waals surface area contributed by atoms with Gasteiger partial charge in [0.2, 0.25) is 0 Å². The second kappa shape index (κ2) is 8.09. The van der Waals surface area contributed by atoms with E-state index in [1.807, 2.05) is 0 Å². The van der Waals surface area contributed by atoms with E-state index in [0.29, 0.717) is 28.0 Å². The number of carbonyl (C=O) groups is 1. The van der Waals surface area contributed by atoms with E-state index in [1.165, 1.54) is 30.6 Å². The van der Waals surface area contributed by atoms with Crippen molar-refractivity contribution < 1.29 is 27.8 Å². The molecule has 0 aliphatic heterocycles. The van der Waals surface area contributed by atoms with Crippen molar-refractivity contribution in [3.05, 3.63) is 54.4 Å². The van der Waals surface area contributed by atoms with Crippen molar-refractivity contribution in [3.8, 4) is 5.75 Å². The summed E-state index contributed by atoms with van der Waals surface area (Å²) in [7, 11) is 0. The monoisotopic (exact) mass is 392 g/mol. The number of anilines is 2. The highest BCUT2D eigenvalue weighted by Gasteiger charge is 2.30. The van der Waals surface area contributed by atoms with Gasteiger partial charge in [0, 0.05) is 23.2 Å². The Hall–Kier alpha value is -3.40. The zero-order chi connectivity index (χ0) is 20.1. The van der Waals surface area contributed by atoms with Gasteiger partial charge in [-0.15, -0.1) is 13.2 Å². The van der Waals surface area contributed by atoms with Gasteiger partial charge in [-0.25, -0.2) is 9.97 Å². The number of nitrogens with zero attached hydrogens (tertiary/aromatic N) is 2. The number of nitrogens with one attached hydrogen (secondary N) is 2. The topological polar surface area (TPSA) is 96.4 Å². The van der Waals surface area contributed by atoms with Crippen molar-refractivity contribution in [3.63, 3.8) is 0 Å². The molecule has 0 saturated carbocycles. The lowest BCUT2D eigenvalue weighted by molar-refractivity contribution is -0.274. The SMILES string of the molecule is O=C(NCCO)c1ccc2c(Nc3ccc(OC(F)(F)F)cc3)ncnc2c1. The third kappa shape index (κ3) is 4.86. The zero-order valence-electron chi connectivity index (χ0n) is 14.3. The van der Waals surface area contributed by atoms with Crippen molar-refractivity contribution >= 4 is 28.3 Å². The summed E-state index contributed by atoms with van der Waals surface area (Å²) in [6.07, 6.45) is -3.44. The Kier molecular flexibility index (Phi) is 5.59. The average Bonchev–Trinajstić information content (AvgIpc) is 2.66. The van der Waals surface area contributed by atoms with Gasteiger partial charge in [0.15, 0.2) is 0 Å². The Morgan fingerprint density at radius 2 is 1.86 bits per heavy atom. The molecular formula is C18H15F3N4O3. The molecule has 1 heterocycles. The Morgan fingerprint density at radius 3 is 2.54 bits per heavy atom. The van der Waals surface area contributed by atoms with E-state index in [1.54, 1.807) is 18.2 Å². The summed E-state index contributed by atoms with van der Waals surface area (Å²) in [6, 6.07) is 10.0. The fraction of sp³-hybridized carbons (Fsp3) is 0.167. The summed E-state index contributed by atoms with van der Waals surface area (Å²) in [5, 5.41) is 14.9. The van der Waals surface area contributed by atoms with E-state index in [4.69, 9.17) is 5.11 Å². The summed E-state index contributed by atoms with van der Waals surface area (Å²) >= 11 is 0. The number of aliphatic hydroxyl groups excluding tert-OH is 1. The number of rotatable bonds is 6. The standard InChI is InChI=1S/C18H15F3N4O3/c19-18(20,21)28-13-4-2-12(3-5-13)25-16-14-6-1-11(17(27)22-7-8-26)9-15(14)23-10-24-16/h1-6,9-10,26H,7-8H2,(H,22,27)(H,23,24,25). The van der Waals surface area contributed by atoms with Gasteiger partial charge >= 0.3 is 6.36 Å². The van der Waals surface area contributed by atoms with Crippen LogP contribution in [0, 0.1) is 0 Å². The zero-order valence-corrected chi connectivity index (χ0v) is 14.3. The lowest BCUT2D eigenvalue weighted by Crippen LogP contribution is -2.26. The number of aliphatic hydroxyl groups is 1. The number of halogens is 3. The van der Waals surface area contributed by atoms with Crippen LogP contribution in [0.1, 0.15) is 10.4 Å². The minimum Gasteiger partial charge on any atom is -0.406 e. The van der Waals surface area contributed by atoms with Crippen LogP contribution in [0.4, 0.5) is 24.7 Å². The fourth-order valence-corrected chi connectivity index (χ4v) is 2.45. The molecule has 0 saturated heterocycles. The first-order valence-electron chi connectivity index (χ1n) is 8.12. The molecule has 1 aromatic heterocycles. The van der Waals surface area contributed by atoms with Crippen LogP contribution >= 0.6 is 0 Å². The highest BCUT2D eigenvalue weighted by molar-refractivity contribution is 6.00. The summed E-state index contributed by atoms with van der Waals surface area (Å²) in [4.78, 5) is 20.3. The minimum atomic E-state index is -4.75. The predicted molar refractivity (Wildman–Crippen MR) is 95.4 cm³/mol. The lowest BCUT2D eigenvalue weighted by atomic mass is 10.1. The van der Waals surface area contributed by atoms with E-state index in [2.05, 4.69) is 25.3 Å². The van der Waals surface area contributed by atoms with Gasteiger partial charge in [-0.3, -0.25) is 4.79 Å². The Balaban J connectivity index is 1.80. The van der Waals surface area contributed by atoms with Crippen LogP contribution in [0.25, 0.3) is 10.9 Å². The number of hydrogen-bond acceptors (Lipinski definition) is 6. The maximum absolute atomic E-state index is 12.2. The first-order valence-corrected chi connectivity index (χ1v) is 8.12. The molecule has 10 heteroatoms. The summed E-state index contributed by atoms with van der Waals surface area (Å²) < 4.78 is 40.5. The van der Waals surface area contributed by atoms with Gasteiger partial charge in [-0.1, -0.05) is 0 Å².